The molecule has 8 heteroatoms. The molecule has 3 atom stereocenters. The van der Waals surface area contributed by atoms with E-state index in [0.29, 0.717) is 0 Å². The van der Waals surface area contributed by atoms with Gasteiger partial charge in [-0.15, -0.1) is 0 Å². The largest absolute Gasteiger partial charge is 0.273 e. The number of amides is 2. The van der Waals surface area contributed by atoms with Gasteiger partial charge in [-0.05, 0) is 35.9 Å². The van der Waals surface area contributed by atoms with Crippen molar-refractivity contribution >= 4 is 46.4 Å². The van der Waals surface area contributed by atoms with E-state index in [1.54, 1.807) is 41.7 Å². The molecule has 3 aromatic rings. The van der Waals surface area contributed by atoms with Gasteiger partial charge in [-0.3, -0.25) is 19.4 Å². The fourth-order valence-electron chi connectivity index (χ4n) is 4.03. The Labute approximate surface area is 182 Å². The number of hydroxylamine groups is 1. The first-order chi connectivity index (χ1) is 14.6. The minimum atomic E-state index is -0.991. The van der Waals surface area contributed by atoms with Crippen molar-refractivity contribution in [3.05, 3.63) is 88.7 Å². The summed E-state index contributed by atoms with van der Waals surface area (Å²) in [6.07, 6.45) is 2.34. The molecule has 3 heterocycles. The molecule has 0 saturated carbocycles. The number of imide groups is 1. The molecule has 6 nitrogen and oxygen atoms in total. The summed E-state index contributed by atoms with van der Waals surface area (Å²) in [4.78, 5) is 38.1. The van der Waals surface area contributed by atoms with E-state index in [1.807, 2.05) is 36.4 Å². The molecule has 2 fully saturated rings. The number of anilines is 2. The fourth-order valence-corrected chi connectivity index (χ4v) is 4.59. The van der Waals surface area contributed by atoms with Crippen molar-refractivity contribution < 1.29 is 14.4 Å². The first-order valence-corrected chi connectivity index (χ1v) is 10.1. The molecule has 150 valence electrons. The number of aromatic nitrogens is 1. The second kappa shape index (κ2) is 7.40. The standard InChI is InChI=1S/C22H15Cl2N3O3/c23-15-9-4-10-16(24)19(15)26-21(28)17-18(13-6-5-11-25-12-13)27(30-20(17)22(26)29)14-7-2-1-3-8-14/h1-12,17-18,20H/t17-,18-,20+/m0/s1. The number of fused-ring (bicyclic) bond motifs is 1. The van der Waals surface area contributed by atoms with Crippen molar-refractivity contribution in [2.45, 2.75) is 12.1 Å². The Kier molecular flexibility index (Phi) is 4.70. The van der Waals surface area contributed by atoms with Crippen molar-refractivity contribution in [3.8, 4) is 0 Å². The molecule has 2 aliphatic rings. The fraction of sp³-hybridized carbons (Fsp3) is 0.136. The number of carbonyl (C=O) groups is 2. The van der Waals surface area contributed by atoms with Crippen LogP contribution in [0.2, 0.25) is 10.0 Å². The Morgan fingerprint density at radius 1 is 0.867 bits per heavy atom. The van der Waals surface area contributed by atoms with Gasteiger partial charge in [0.25, 0.3) is 5.91 Å². The van der Waals surface area contributed by atoms with E-state index < -0.39 is 29.9 Å². The minimum absolute atomic E-state index is 0.185. The predicted octanol–water partition coefficient (Wildman–Crippen LogP) is 4.44. The van der Waals surface area contributed by atoms with E-state index in [2.05, 4.69) is 4.98 Å². The topological polar surface area (TPSA) is 62.7 Å². The molecule has 0 unspecified atom stereocenters. The zero-order chi connectivity index (χ0) is 20.8. The molecule has 2 aromatic carbocycles. The highest BCUT2D eigenvalue weighted by Gasteiger charge is 2.60. The summed E-state index contributed by atoms with van der Waals surface area (Å²) in [6.45, 7) is 0. The molecule has 2 amide bonds. The summed E-state index contributed by atoms with van der Waals surface area (Å²) >= 11 is 12.6. The maximum absolute atomic E-state index is 13.5. The van der Waals surface area contributed by atoms with Gasteiger partial charge in [-0.1, -0.05) is 53.5 Å². The van der Waals surface area contributed by atoms with Crippen LogP contribution in [0, 0.1) is 5.92 Å². The van der Waals surface area contributed by atoms with Crippen LogP contribution in [-0.4, -0.2) is 22.9 Å². The lowest BCUT2D eigenvalue weighted by Crippen LogP contribution is -2.37. The molecular weight excluding hydrogens is 425 g/mol. The molecule has 0 spiro atoms. The maximum atomic E-state index is 13.5. The van der Waals surface area contributed by atoms with Crippen LogP contribution in [0.25, 0.3) is 0 Å². The summed E-state index contributed by atoms with van der Waals surface area (Å²) in [6, 6.07) is 17.3. The summed E-state index contributed by atoms with van der Waals surface area (Å²) in [5, 5.41) is 2.07. The van der Waals surface area contributed by atoms with Crippen LogP contribution in [0.4, 0.5) is 11.4 Å². The van der Waals surface area contributed by atoms with E-state index in [9.17, 15) is 9.59 Å². The molecule has 1 aromatic heterocycles. The lowest BCUT2D eigenvalue weighted by atomic mass is 9.91. The molecule has 30 heavy (non-hydrogen) atoms. The van der Waals surface area contributed by atoms with Gasteiger partial charge in [0.05, 0.1) is 27.5 Å². The molecule has 0 radical (unpaired) electrons. The Morgan fingerprint density at radius 2 is 1.60 bits per heavy atom. The predicted molar refractivity (Wildman–Crippen MR) is 113 cm³/mol. The van der Waals surface area contributed by atoms with Crippen LogP contribution in [0.15, 0.2) is 73.1 Å². The maximum Gasteiger partial charge on any atom is 0.266 e. The van der Waals surface area contributed by atoms with E-state index in [1.165, 1.54) is 0 Å². The number of carbonyl (C=O) groups excluding carboxylic acids is 2. The van der Waals surface area contributed by atoms with Crippen LogP contribution in [0.5, 0.6) is 0 Å². The third-order valence-electron chi connectivity index (χ3n) is 5.31. The second-order valence-corrected chi connectivity index (χ2v) is 7.84. The third kappa shape index (κ3) is 2.88. The van der Waals surface area contributed by atoms with Crippen LogP contribution in [-0.2, 0) is 14.4 Å². The number of pyridine rings is 1. The van der Waals surface area contributed by atoms with Gasteiger partial charge in [-0.25, -0.2) is 9.96 Å². The van der Waals surface area contributed by atoms with Crippen molar-refractivity contribution in [1.82, 2.24) is 4.98 Å². The van der Waals surface area contributed by atoms with Crippen LogP contribution in [0.1, 0.15) is 11.6 Å². The molecule has 2 saturated heterocycles. The highest BCUT2D eigenvalue weighted by Crippen LogP contribution is 2.49. The Bertz CT molecular complexity index is 1110. The van der Waals surface area contributed by atoms with Gasteiger partial charge >= 0.3 is 0 Å². The quantitative estimate of drug-likeness (QED) is 0.564. The molecule has 0 bridgehead atoms. The van der Waals surface area contributed by atoms with Gasteiger partial charge < -0.3 is 0 Å². The average Bonchev–Trinajstić information content (AvgIpc) is 3.27. The number of para-hydroxylation sites is 2. The van der Waals surface area contributed by atoms with Gasteiger partial charge in [0.2, 0.25) is 5.91 Å². The van der Waals surface area contributed by atoms with Crippen molar-refractivity contribution in [1.29, 1.82) is 0 Å². The Hall–Kier alpha value is -2.93. The van der Waals surface area contributed by atoms with Gasteiger partial charge in [-0.2, -0.15) is 0 Å². The van der Waals surface area contributed by atoms with E-state index in [-0.39, 0.29) is 15.7 Å². The van der Waals surface area contributed by atoms with Crippen molar-refractivity contribution in [3.63, 3.8) is 0 Å². The Balaban J connectivity index is 1.61. The van der Waals surface area contributed by atoms with Crippen LogP contribution in [0.3, 0.4) is 0 Å². The van der Waals surface area contributed by atoms with Crippen LogP contribution < -0.4 is 9.96 Å². The number of benzene rings is 2. The average molecular weight is 440 g/mol. The highest BCUT2D eigenvalue weighted by molar-refractivity contribution is 6.42. The normalized spacial score (nSPS) is 23.2. The number of rotatable bonds is 3. The van der Waals surface area contributed by atoms with Crippen LogP contribution >= 0.6 is 23.2 Å². The second-order valence-electron chi connectivity index (χ2n) is 7.03. The molecule has 0 N–H and O–H groups in total. The number of hydrogen-bond acceptors (Lipinski definition) is 5. The van der Waals surface area contributed by atoms with Gasteiger partial charge in [0.1, 0.15) is 5.92 Å². The summed E-state index contributed by atoms with van der Waals surface area (Å²) in [7, 11) is 0. The Morgan fingerprint density at radius 3 is 2.27 bits per heavy atom. The van der Waals surface area contributed by atoms with E-state index in [0.717, 1.165) is 16.2 Å². The monoisotopic (exact) mass is 439 g/mol. The lowest BCUT2D eigenvalue weighted by Gasteiger charge is -2.28. The first-order valence-electron chi connectivity index (χ1n) is 9.30. The third-order valence-corrected chi connectivity index (χ3v) is 5.92. The molecule has 2 aliphatic heterocycles. The first kappa shape index (κ1) is 19.1. The minimum Gasteiger partial charge on any atom is -0.273 e. The van der Waals surface area contributed by atoms with E-state index in [4.69, 9.17) is 28.0 Å². The summed E-state index contributed by atoms with van der Waals surface area (Å²) in [5.74, 6) is -1.67. The summed E-state index contributed by atoms with van der Waals surface area (Å²) < 4.78 is 0. The van der Waals surface area contributed by atoms with Gasteiger partial charge in [0.15, 0.2) is 6.10 Å². The highest BCUT2D eigenvalue weighted by atomic mass is 35.5. The van der Waals surface area contributed by atoms with Crippen molar-refractivity contribution in [2.24, 2.45) is 5.92 Å². The zero-order valence-electron chi connectivity index (χ0n) is 15.5. The van der Waals surface area contributed by atoms with E-state index >= 15 is 0 Å². The van der Waals surface area contributed by atoms with Crippen molar-refractivity contribution in [2.75, 3.05) is 9.96 Å². The zero-order valence-corrected chi connectivity index (χ0v) is 17.0. The lowest BCUT2D eigenvalue weighted by molar-refractivity contribution is -0.126. The number of nitrogens with zero attached hydrogens (tertiary/aromatic N) is 3. The number of hydrogen-bond donors (Lipinski definition) is 0. The SMILES string of the molecule is O=C1[C@@H]2[C@@H](ON(c3ccccc3)[C@H]2c2cccnc2)C(=O)N1c1c(Cl)cccc1Cl. The molecule has 5 rings (SSSR count). The van der Waals surface area contributed by atoms with Gasteiger partial charge in [0, 0.05) is 12.4 Å². The smallest absolute Gasteiger partial charge is 0.266 e. The molecule has 0 aliphatic carbocycles. The summed E-state index contributed by atoms with van der Waals surface area (Å²) in [5.41, 5.74) is 1.69. The number of halogens is 2. The molecular formula is C22H15Cl2N3O3.